The van der Waals surface area contributed by atoms with Crippen molar-refractivity contribution in [2.75, 3.05) is 6.61 Å². The van der Waals surface area contributed by atoms with Crippen molar-refractivity contribution >= 4 is 15.9 Å². The molecule has 0 aliphatic heterocycles. The van der Waals surface area contributed by atoms with Gasteiger partial charge in [-0.3, -0.25) is 0 Å². The van der Waals surface area contributed by atoms with Crippen LogP contribution in [0.4, 0.5) is 4.39 Å². The van der Waals surface area contributed by atoms with Crippen LogP contribution in [0, 0.1) is 11.7 Å². The molecule has 0 unspecified atom stereocenters. The summed E-state index contributed by atoms with van der Waals surface area (Å²) < 4.78 is 19.1. The lowest BCUT2D eigenvalue weighted by Crippen LogP contribution is -1.99. The van der Waals surface area contributed by atoms with Gasteiger partial charge in [0.25, 0.3) is 0 Å². The third-order valence-electron chi connectivity index (χ3n) is 2.37. The number of ether oxygens (including phenoxy) is 1. The molecule has 1 aromatic carbocycles. The van der Waals surface area contributed by atoms with Gasteiger partial charge in [0.2, 0.25) is 0 Å². The van der Waals surface area contributed by atoms with Crippen LogP contribution in [0.5, 0.6) is 5.75 Å². The minimum absolute atomic E-state index is 0.255. The van der Waals surface area contributed by atoms with Gasteiger partial charge in [0.1, 0.15) is 11.6 Å². The second-order valence-corrected chi connectivity index (χ2v) is 4.51. The first-order valence-corrected chi connectivity index (χ1v) is 5.63. The van der Waals surface area contributed by atoms with Gasteiger partial charge in [-0.25, -0.2) is 4.39 Å². The first-order chi connectivity index (χ1) is 6.75. The molecular weight excluding hydrogens is 247 g/mol. The van der Waals surface area contributed by atoms with Crippen molar-refractivity contribution in [2.45, 2.75) is 19.3 Å². The number of benzene rings is 1. The lowest BCUT2D eigenvalue weighted by molar-refractivity contribution is 0.299. The summed E-state index contributed by atoms with van der Waals surface area (Å²) >= 11 is 3.32. The lowest BCUT2D eigenvalue weighted by Gasteiger charge is -2.07. The molecule has 1 fully saturated rings. The highest BCUT2D eigenvalue weighted by Gasteiger charge is 2.20. The maximum atomic E-state index is 12.8. The molecule has 0 radical (unpaired) electrons. The standard InChI is InChI=1S/C11H12BrFO/c12-10-4-3-9(13)7-11(10)14-6-5-8-1-2-8/h3-4,7-8H,1-2,5-6H2. The Balaban J connectivity index is 1.89. The van der Waals surface area contributed by atoms with Crippen molar-refractivity contribution in [1.29, 1.82) is 0 Å². The number of rotatable bonds is 4. The van der Waals surface area contributed by atoms with Gasteiger partial charge in [0, 0.05) is 6.07 Å². The van der Waals surface area contributed by atoms with Crippen LogP contribution >= 0.6 is 15.9 Å². The summed E-state index contributed by atoms with van der Waals surface area (Å²) in [6, 6.07) is 4.50. The maximum Gasteiger partial charge on any atom is 0.136 e. The molecule has 76 valence electrons. The smallest absolute Gasteiger partial charge is 0.136 e. The van der Waals surface area contributed by atoms with E-state index in [2.05, 4.69) is 15.9 Å². The van der Waals surface area contributed by atoms with Crippen LogP contribution in [0.3, 0.4) is 0 Å². The SMILES string of the molecule is Fc1ccc(Br)c(OCCC2CC2)c1. The van der Waals surface area contributed by atoms with E-state index in [9.17, 15) is 4.39 Å². The average Bonchev–Trinajstić information content (AvgIpc) is 2.95. The average molecular weight is 259 g/mol. The van der Waals surface area contributed by atoms with Gasteiger partial charge in [-0.1, -0.05) is 12.8 Å². The van der Waals surface area contributed by atoms with Crippen LogP contribution in [0.2, 0.25) is 0 Å². The molecule has 0 saturated heterocycles. The van der Waals surface area contributed by atoms with Crippen molar-refractivity contribution in [1.82, 2.24) is 0 Å². The van der Waals surface area contributed by atoms with Gasteiger partial charge in [-0.05, 0) is 40.4 Å². The molecule has 1 aliphatic carbocycles. The largest absolute Gasteiger partial charge is 0.492 e. The zero-order valence-corrected chi connectivity index (χ0v) is 9.39. The molecule has 0 amide bonds. The molecule has 3 heteroatoms. The fraction of sp³-hybridized carbons (Fsp3) is 0.455. The lowest BCUT2D eigenvalue weighted by atomic mass is 10.3. The molecule has 2 rings (SSSR count). The van der Waals surface area contributed by atoms with Gasteiger partial charge in [0.15, 0.2) is 0 Å². The van der Waals surface area contributed by atoms with E-state index in [1.165, 1.54) is 25.0 Å². The van der Waals surface area contributed by atoms with E-state index in [4.69, 9.17) is 4.74 Å². The minimum Gasteiger partial charge on any atom is -0.492 e. The zero-order chi connectivity index (χ0) is 9.97. The highest BCUT2D eigenvalue weighted by molar-refractivity contribution is 9.10. The highest BCUT2D eigenvalue weighted by atomic mass is 79.9. The number of hydrogen-bond donors (Lipinski definition) is 0. The summed E-state index contributed by atoms with van der Waals surface area (Å²) in [5.41, 5.74) is 0. The second-order valence-electron chi connectivity index (χ2n) is 3.66. The van der Waals surface area contributed by atoms with Gasteiger partial charge < -0.3 is 4.74 Å². The Bertz CT molecular complexity index is 323. The Morgan fingerprint density at radius 3 is 2.93 bits per heavy atom. The Labute approximate surface area is 91.4 Å². The fourth-order valence-corrected chi connectivity index (χ4v) is 1.69. The first-order valence-electron chi connectivity index (χ1n) is 4.83. The Morgan fingerprint density at radius 2 is 2.21 bits per heavy atom. The molecular formula is C11H12BrFO. The summed E-state index contributed by atoms with van der Waals surface area (Å²) in [5.74, 6) is 1.20. The second kappa shape index (κ2) is 4.30. The fourth-order valence-electron chi connectivity index (χ4n) is 1.33. The van der Waals surface area contributed by atoms with Crippen LogP contribution in [0.25, 0.3) is 0 Å². The quantitative estimate of drug-likeness (QED) is 0.799. The van der Waals surface area contributed by atoms with E-state index in [0.29, 0.717) is 12.4 Å². The molecule has 0 N–H and O–H groups in total. The van der Waals surface area contributed by atoms with E-state index in [1.54, 1.807) is 6.07 Å². The van der Waals surface area contributed by atoms with Crippen molar-refractivity contribution in [3.63, 3.8) is 0 Å². The van der Waals surface area contributed by atoms with Gasteiger partial charge in [-0.2, -0.15) is 0 Å². The highest BCUT2D eigenvalue weighted by Crippen LogP contribution is 2.33. The molecule has 1 aliphatic rings. The van der Waals surface area contributed by atoms with Gasteiger partial charge in [0.05, 0.1) is 11.1 Å². The van der Waals surface area contributed by atoms with E-state index in [1.807, 2.05) is 0 Å². The molecule has 0 atom stereocenters. The molecule has 0 heterocycles. The van der Waals surface area contributed by atoms with E-state index in [0.717, 1.165) is 16.8 Å². The summed E-state index contributed by atoms with van der Waals surface area (Å²) in [5, 5.41) is 0. The summed E-state index contributed by atoms with van der Waals surface area (Å²) in [7, 11) is 0. The topological polar surface area (TPSA) is 9.23 Å². The monoisotopic (exact) mass is 258 g/mol. The maximum absolute atomic E-state index is 12.8. The summed E-state index contributed by atoms with van der Waals surface area (Å²) in [6.07, 6.45) is 3.74. The summed E-state index contributed by atoms with van der Waals surface area (Å²) in [6.45, 7) is 0.687. The van der Waals surface area contributed by atoms with Gasteiger partial charge in [-0.15, -0.1) is 0 Å². The third kappa shape index (κ3) is 2.71. The molecule has 1 nitrogen and oxygen atoms in total. The van der Waals surface area contributed by atoms with Crippen molar-refractivity contribution in [2.24, 2.45) is 5.92 Å². The normalized spacial score (nSPS) is 15.6. The van der Waals surface area contributed by atoms with Gasteiger partial charge >= 0.3 is 0 Å². The molecule has 1 saturated carbocycles. The molecule has 0 spiro atoms. The van der Waals surface area contributed by atoms with Crippen molar-refractivity contribution < 1.29 is 9.13 Å². The number of halogens is 2. The Hall–Kier alpha value is -0.570. The van der Waals surface area contributed by atoms with Crippen LogP contribution in [-0.2, 0) is 0 Å². The van der Waals surface area contributed by atoms with Crippen LogP contribution < -0.4 is 4.74 Å². The zero-order valence-electron chi connectivity index (χ0n) is 7.80. The Morgan fingerprint density at radius 1 is 1.43 bits per heavy atom. The van der Waals surface area contributed by atoms with Crippen LogP contribution in [-0.4, -0.2) is 6.61 Å². The minimum atomic E-state index is -0.255. The molecule has 1 aromatic rings. The number of hydrogen-bond acceptors (Lipinski definition) is 1. The van der Waals surface area contributed by atoms with Crippen LogP contribution in [0.15, 0.2) is 22.7 Å². The van der Waals surface area contributed by atoms with E-state index in [-0.39, 0.29) is 5.82 Å². The molecule has 0 bridgehead atoms. The predicted molar refractivity (Wildman–Crippen MR) is 56.9 cm³/mol. The van der Waals surface area contributed by atoms with E-state index < -0.39 is 0 Å². The molecule has 0 aromatic heterocycles. The van der Waals surface area contributed by atoms with E-state index >= 15 is 0 Å². The predicted octanol–water partition coefficient (Wildman–Crippen LogP) is 3.77. The molecule has 14 heavy (non-hydrogen) atoms. The van der Waals surface area contributed by atoms with Crippen molar-refractivity contribution in [3.8, 4) is 5.75 Å². The van der Waals surface area contributed by atoms with Crippen LogP contribution in [0.1, 0.15) is 19.3 Å². The van der Waals surface area contributed by atoms with Crippen molar-refractivity contribution in [3.05, 3.63) is 28.5 Å². The Kier molecular flexibility index (Phi) is 3.06. The third-order valence-corrected chi connectivity index (χ3v) is 3.03. The first kappa shape index (κ1) is 9.97. The summed E-state index contributed by atoms with van der Waals surface area (Å²) in [4.78, 5) is 0.